The first-order valence-electron chi connectivity index (χ1n) is 10.3. The van der Waals surface area contributed by atoms with Crippen LogP contribution in [-0.2, 0) is 0 Å². The molecule has 12 nitrogen and oxygen atoms in total. The highest BCUT2D eigenvalue weighted by molar-refractivity contribution is 7.80. The Bertz CT molecular complexity index is 1060. The number of benzene rings is 2. The fourth-order valence-corrected chi connectivity index (χ4v) is 3.16. The molecule has 0 heterocycles. The Morgan fingerprint density at radius 1 is 0.912 bits per heavy atom. The van der Waals surface area contributed by atoms with Crippen LogP contribution in [0.3, 0.4) is 0 Å². The summed E-state index contributed by atoms with van der Waals surface area (Å²) in [6, 6.07) is 8.95. The summed E-state index contributed by atoms with van der Waals surface area (Å²) in [6.07, 6.45) is 0. The summed E-state index contributed by atoms with van der Waals surface area (Å²) in [5.74, 6) is -1.07. The van der Waals surface area contributed by atoms with E-state index in [-0.39, 0.29) is 16.6 Å². The Balaban J connectivity index is 1.96. The van der Waals surface area contributed by atoms with Crippen molar-refractivity contribution in [3.63, 3.8) is 0 Å². The van der Waals surface area contributed by atoms with E-state index in [1.807, 2.05) is 0 Å². The number of hydrogen-bond acceptors (Lipinski definition) is 8. The number of rotatable bonds is 10. The first-order valence-corrected chi connectivity index (χ1v) is 10.7. The lowest BCUT2D eigenvalue weighted by Gasteiger charge is -2.18. The molecular weight excluding hydrogens is 464 g/mol. The smallest absolute Gasteiger partial charge is 0.277 e. The number of carbonyl (C=O) groups excluding carboxylic acids is 2. The Labute approximate surface area is 200 Å². The van der Waals surface area contributed by atoms with Gasteiger partial charge in [0, 0.05) is 36.5 Å². The second kappa shape index (κ2) is 12.3. The van der Waals surface area contributed by atoms with Crippen LogP contribution in [-0.4, -0.2) is 57.9 Å². The molecule has 3 N–H and O–H groups in total. The van der Waals surface area contributed by atoms with Crippen LogP contribution in [0.25, 0.3) is 0 Å². The van der Waals surface area contributed by atoms with E-state index in [1.54, 1.807) is 24.3 Å². The number of non-ortho nitro benzene ring substituents is 2. The van der Waals surface area contributed by atoms with E-state index in [1.165, 1.54) is 0 Å². The van der Waals surface area contributed by atoms with Gasteiger partial charge < -0.3 is 15.5 Å². The average Bonchev–Trinajstić information content (AvgIpc) is 2.81. The van der Waals surface area contributed by atoms with Gasteiger partial charge in [0.25, 0.3) is 23.2 Å². The number of amides is 2. The topological polar surface area (TPSA) is 160 Å². The minimum Gasteiger partial charge on any atom is -0.351 e. The van der Waals surface area contributed by atoms with E-state index in [2.05, 4.69) is 34.7 Å². The van der Waals surface area contributed by atoms with Crippen LogP contribution in [0.4, 0.5) is 17.1 Å². The van der Waals surface area contributed by atoms with Crippen molar-refractivity contribution in [2.75, 3.05) is 31.5 Å². The molecular formula is C21H24N6O6S. The molecule has 0 saturated carbocycles. The van der Waals surface area contributed by atoms with Gasteiger partial charge in [-0.15, -0.1) is 0 Å². The van der Waals surface area contributed by atoms with Crippen LogP contribution in [0.5, 0.6) is 0 Å². The van der Waals surface area contributed by atoms with Gasteiger partial charge in [-0.3, -0.25) is 35.1 Å². The molecule has 180 valence electrons. The van der Waals surface area contributed by atoms with Gasteiger partial charge in [0.05, 0.1) is 21.5 Å². The molecule has 34 heavy (non-hydrogen) atoms. The van der Waals surface area contributed by atoms with Crippen LogP contribution >= 0.6 is 12.2 Å². The molecule has 0 unspecified atom stereocenters. The maximum absolute atomic E-state index is 12.4. The first kappa shape index (κ1) is 26.3. The zero-order chi connectivity index (χ0) is 25.3. The Hall–Kier alpha value is -3.97. The number of nitro groups is 2. The molecule has 0 spiro atoms. The summed E-state index contributed by atoms with van der Waals surface area (Å²) in [6.45, 7) is 7.18. The molecule has 2 aromatic rings. The Kier molecular flexibility index (Phi) is 9.52. The molecule has 2 rings (SSSR count). The van der Waals surface area contributed by atoms with Crippen LogP contribution in [0.15, 0.2) is 42.5 Å². The Morgan fingerprint density at radius 3 is 1.97 bits per heavy atom. The first-order chi connectivity index (χ1) is 16.1. The average molecular weight is 489 g/mol. The molecule has 0 fully saturated rings. The third-order valence-corrected chi connectivity index (χ3v) is 5.03. The van der Waals surface area contributed by atoms with E-state index in [9.17, 15) is 29.8 Å². The van der Waals surface area contributed by atoms with Gasteiger partial charge in [-0.2, -0.15) is 0 Å². The number of nitrogens with one attached hydrogen (secondary N) is 3. The van der Waals surface area contributed by atoms with Crippen LogP contribution in [0.1, 0.15) is 34.6 Å². The zero-order valence-corrected chi connectivity index (χ0v) is 19.4. The van der Waals surface area contributed by atoms with E-state index in [4.69, 9.17) is 12.2 Å². The van der Waals surface area contributed by atoms with Crippen LogP contribution in [0.2, 0.25) is 0 Å². The van der Waals surface area contributed by atoms with Gasteiger partial charge in [-0.1, -0.05) is 13.8 Å². The lowest BCUT2D eigenvalue weighted by atomic mass is 10.1. The predicted molar refractivity (Wildman–Crippen MR) is 130 cm³/mol. The highest BCUT2D eigenvalue weighted by Crippen LogP contribution is 2.22. The molecule has 0 aromatic heterocycles. The van der Waals surface area contributed by atoms with Crippen molar-refractivity contribution < 1.29 is 19.4 Å². The van der Waals surface area contributed by atoms with Gasteiger partial charge in [0.1, 0.15) is 0 Å². The van der Waals surface area contributed by atoms with Crippen LogP contribution < -0.4 is 16.0 Å². The third kappa shape index (κ3) is 7.56. The minimum absolute atomic E-state index is 0.129. The van der Waals surface area contributed by atoms with Gasteiger partial charge in [-0.05, 0) is 49.6 Å². The van der Waals surface area contributed by atoms with Crippen molar-refractivity contribution in [2.45, 2.75) is 13.8 Å². The van der Waals surface area contributed by atoms with Gasteiger partial charge in [0.15, 0.2) is 5.11 Å². The normalized spacial score (nSPS) is 10.4. The molecule has 0 aliphatic carbocycles. The number of likely N-dealkylation sites (N-methyl/N-ethyl adjacent to an activating group) is 1. The number of hydrogen-bond donors (Lipinski definition) is 3. The predicted octanol–water partition coefficient (Wildman–Crippen LogP) is 2.70. The van der Waals surface area contributed by atoms with Crippen molar-refractivity contribution in [3.8, 4) is 0 Å². The number of nitrogens with zero attached hydrogens (tertiary/aromatic N) is 3. The van der Waals surface area contributed by atoms with Crippen molar-refractivity contribution in [3.05, 3.63) is 73.8 Å². The third-order valence-electron chi connectivity index (χ3n) is 4.83. The summed E-state index contributed by atoms with van der Waals surface area (Å²) in [5.41, 5.74) is -0.547. The number of anilines is 1. The summed E-state index contributed by atoms with van der Waals surface area (Å²) in [4.78, 5) is 47.2. The summed E-state index contributed by atoms with van der Waals surface area (Å²) < 4.78 is 0. The fourth-order valence-electron chi connectivity index (χ4n) is 2.95. The van der Waals surface area contributed by atoms with Gasteiger partial charge >= 0.3 is 0 Å². The van der Waals surface area contributed by atoms with Gasteiger partial charge in [-0.25, -0.2) is 0 Å². The zero-order valence-electron chi connectivity index (χ0n) is 18.6. The van der Waals surface area contributed by atoms with Crippen LogP contribution in [0, 0.1) is 20.2 Å². The van der Waals surface area contributed by atoms with Crippen molar-refractivity contribution in [2.24, 2.45) is 0 Å². The molecule has 0 aliphatic heterocycles. The maximum atomic E-state index is 12.4. The SMILES string of the molecule is CCN(CC)CCNC(=O)c1ccc(NC(=S)NC(=O)c2cc([N+](=O)[O-])cc([N+](=O)[O-])c2)cc1. The lowest BCUT2D eigenvalue weighted by molar-refractivity contribution is -0.394. The molecule has 0 saturated heterocycles. The van der Waals surface area contributed by atoms with E-state index in [0.29, 0.717) is 17.8 Å². The number of carbonyl (C=O) groups is 2. The molecule has 0 bridgehead atoms. The van der Waals surface area contributed by atoms with Crippen molar-refractivity contribution in [1.82, 2.24) is 15.5 Å². The molecule has 2 amide bonds. The highest BCUT2D eigenvalue weighted by atomic mass is 32.1. The second-order valence-corrected chi connectivity index (χ2v) is 7.43. The maximum Gasteiger partial charge on any atom is 0.277 e. The van der Waals surface area contributed by atoms with Crippen molar-refractivity contribution in [1.29, 1.82) is 0 Å². The minimum atomic E-state index is -0.853. The Morgan fingerprint density at radius 2 is 1.47 bits per heavy atom. The van der Waals surface area contributed by atoms with E-state index in [0.717, 1.165) is 37.8 Å². The highest BCUT2D eigenvalue weighted by Gasteiger charge is 2.20. The quantitative estimate of drug-likeness (QED) is 0.259. The lowest BCUT2D eigenvalue weighted by Crippen LogP contribution is -2.35. The van der Waals surface area contributed by atoms with Crippen molar-refractivity contribution >= 4 is 46.2 Å². The second-order valence-electron chi connectivity index (χ2n) is 7.02. The summed E-state index contributed by atoms with van der Waals surface area (Å²) in [5, 5.41) is 29.8. The van der Waals surface area contributed by atoms with E-state index < -0.39 is 27.1 Å². The summed E-state index contributed by atoms with van der Waals surface area (Å²) >= 11 is 5.08. The molecule has 2 aromatic carbocycles. The number of thiocarbonyl (C=S) groups is 1. The fraction of sp³-hybridized carbons (Fsp3) is 0.286. The molecule has 0 radical (unpaired) electrons. The molecule has 13 heteroatoms. The molecule has 0 atom stereocenters. The molecule has 0 aliphatic rings. The standard InChI is InChI=1S/C21H24N6O6S/c1-3-25(4-2)10-9-22-19(28)14-5-7-16(8-6-14)23-21(34)24-20(29)15-11-17(26(30)31)13-18(12-15)27(32)33/h5-8,11-13H,3-4,9-10H2,1-2H3,(H,22,28)(H2,23,24,29,34). The summed E-state index contributed by atoms with van der Waals surface area (Å²) in [7, 11) is 0. The number of nitro benzene ring substituents is 2. The monoisotopic (exact) mass is 488 g/mol. The van der Waals surface area contributed by atoms with Gasteiger partial charge in [0.2, 0.25) is 0 Å². The van der Waals surface area contributed by atoms with E-state index >= 15 is 0 Å². The largest absolute Gasteiger partial charge is 0.351 e.